The van der Waals surface area contributed by atoms with Crippen LogP contribution in [0.15, 0.2) is 0 Å². The summed E-state index contributed by atoms with van der Waals surface area (Å²) in [6.45, 7) is 12.0. The van der Waals surface area contributed by atoms with Gasteiger partial charge in [0, 0.05) is 50.5 Å². The minimum Gasteiger partial charge on any atom is -0.550 e. The number of phosphoric acid groups is 1. The molecule has 7 unspecified atom stereocenters. The molecule has 0 saturated carbocycles. The van der Waals surface area contributed by atoms with E-state index in [2.05, 4.69) is 51.0 Å². The Balaban J connectivity index is 0.00000269. The number of hydrogen-bond acceptors (Lipinski definition) is 20. The van der Waals surface area contributed by atoms with E-state index in [0.717, 1.165) is 38.5 Å². The Labute approximate surface area is 634 Å². The first-order valence-electron chi connectivity index (χ1n) is 38.4. The lowest BCUT2D eigenvalue weighted by Gasteiger charge is -2.30. The molecule has 600 valence electrons. The molecule has 0 aromatic rings. The van der Waals surface area contributed by atoms with E-state index in [-0.39, 0.29) is 64.6 Å². The summed E-state index contributed by atoms with van der Waals surface area (Å²) < 4.78 is 51.2. The van der Waals surface area contributed by atoms with Gasteiger partial charge in [0.05, 0.1) is 67.8 Å². The lowest BCUT2D eigenvalue weighted by molar-refractivity contribution is -0.873. The highest BCUT2D eigenvalue weighted by Gasteiger charge is 2.37. The molecule has 25 nitrogen and oxygen atoms in total. The third kappa shape index (κ3) is 57.7. The van der Waals surface area contributed by atoms with Crippen molar-refractivity contribution in [2.24, 2.45) is 11.8 Å². The zero-order chi connectivity index (χ0) is 77.9. The van der Waals surface area contributed by atoms with E-state index in [4.69, 9.17) is 37.6 Å². The van der Waals surface area contributed by atoms with Crippen LogP contribution in [0.1, 0.15) is 292 Å². The number of carbonyl (C=O) groups excluding carboxylic acids is 10. The molecule has 1 saturated heterocycles. The first-order valence-corrected chi connectivity index (χ1v) is 41.7. The number of aliphatic carboxylic acids is 1. The number of imide groups is 1. The number of unbranched alkanes of at least 4 members (excludes halogenated alkanes) is 28. The standard InChI is InChI=1S/C54H102BrN2O13P.C21H34BrN2O8/c1-7-9-11-13-15-17-19-21-23-25-27-29-31-33-35-37-51(60)66-44-48(69-52(61)38-36-34-32-30-28-26-24-22-20-18-16-14-12-10-8-2)45-68-71(64,65)67-40-39-56-53(62)46(3)41-49(55)54(63)70-47(42-50(58)59)43-57(4,5)6;1-13(19(28)32-23-16(25)8-9-17(23)26)10-15(22)20(29)30-14(12-24(5,6)7)11-18(27)31-21(2,3)4/h46-49H,7-45H2,1-6H3,(H2-,56,58,59,62,64,65);13-15H,8-12H2,1-7H3/q;+1/t46?,47?,48-,49?;/m1./s1. The number of phosphoric ester groups is 1. The molecule has 1 aliphatic rings. The van der Waals surface area contributed by atoms with Gasteiger partial charge in [-0.15, -0.1) is 5.06 Å². The second-order valence-electron chi connectivity index (χ2n) is 30.7. The summed E-state index contributed by atoms with van der Waals surface area (Å²) in [6, 6.07) is 0. The maximum atomic E-state index is 12.9. The average Bonchev–Trinajstić information content (AvgIpc) is 1.76. The molecule has 28 heteroatoms. The zero-order valence-electron chi connectivity index (χ0n) is 65.3. The van der Waals surface area contributed by atoms with Crippen LogP contribution in [0.5, 0.6) is 0 Å². The van der Waals surface area contributed by atoms with Crippen LogP contribution in [0, 0.1) is 11.8 Å². The molecule has 0 aromatic heterocycles. The Hall–Kier alpha value is -4.11. The molecule has 1 fully saturated rings. The van der Waals surface area contributed by atoms with Crippen molar-refractivity contribution in [2.75, 3.05) is 81.7 Å². The summed E-state index contributed by atoms with van der Waals surface area (Å²) in [7, 11) is 6.51. The van der Waals surface area contributed by atoms with E-state index in [9.17, 15) is 62.5 Å². The molecule has 1 aliphatic heterocycles. The van der Waals surface area contributed by atoms with Crippen molar-refractivity contribution in [3.05, 3.63) is 0 Å². The summed E-state index contributed by atoms with van der Waals surface area (Å²) in [5.74, 6) is -8.05. The SMILES string of the molecule is CC(CC(Br)C(=O)OC(CC(=O)OC(C)(C)C)C[N+](C)(C)C)C(=O)ON1C(=O)CCC1=O.CCCCCCCCCCCCCCCCCC(=O)OC[C@H](COP(=O)(O)OCCNC(=O)C(C)CC(Br)C(=O)OC(CC(=O)[O-])C[N+](C)(C)C)OC(=O)CCCCCCCCCCCCCCCCC. The van der Waals surface area contributed by atoms with Crippen molar-refractivity contribution in [1.82, 2.24) is 10.4 Å². The minimum absolute atomic E-state index is 0.000782. The lowest BCUT2D eigenvalue weighted by Crippen LogP contribution is -2.46. The van der Waals surface area contributed by atoms with E-state index >= 15 is 0 Å². The smallest absolute Gasteiger partial charge is 0.472 e. The first kappa shape index (κ1) is 98.9. The number of nitrogens with zero attached hydrogens (tertiary/aromatic N) is 3. The third-order valence-corrected chi connectivity index (χ3v) is 19.2. The normalized spacial score (nSPS) is 15.3. The molecule has 0 aromatic carbocycles. The largest absolute Gasteiger partial charge is 0.550 e. The van der Waals surface area contributed by atoms with Gasteiger partial charge in [-0.05, 0) is 46.5 Å². The van der Waals surface area contributed by atoms with Crippen molar-refractivity contribution < 1.29 is 109 Å². The number of esters is 5. The van der Waals surface area contributed by atoms with Crippen LogP contribution in [0.25, 0.3) is 0 Å². The Bertz CT molecular complexity index is 2460. The van der Waals surface area contributed by atoms with E-state index in [1.54, 1.807) is 27.7 Å². The first-order chi connectivity index (χ1) is 48.4. The van der Waals surface area contributed by atoms with Crippen molar-refractivity contribution >= 4 is 99.2 Å². The van der Waals surface area contributed by atoms with E-state index < -0.39 is 132 Å². The number of amides is 3. The highest BCUT2D eigenvalue weighted by Crippen LogP contribution is 2.43. The van der Waals surface area contributed by atoms with Crippen molar-refractivity contribution in [3.8, 4) is 0 Å². The molecule has 0 bridgehead atoms. The fourth-order valence-corrected chi connectivity index (χ4v) is 13.3. The van der Waals surface area contributed by atoms with Gasteiger partial charge in [0.15, 0.2) is 18.3 Å². The van der Waals surface area contributed by atoms with E-state index in [1.807, 2.05) is 42.3 Å². The Morgan fingerprint density at radius 3 is 1.29 bits per heavy atom. The second kappa shape index (κ2) is 57.1. The van der Waals surface area contributed by atoms with Crippen LogP contribution in [0.4, 0.5) is 0 Å². The van der Waals surface area contributed by atoms with Gasteiger partial charge in [0.25, 0.3) is 11.8 Å². The van der Waals surface area contributed by atoms with Gasteiger partial charge in [-0.25, -0.2) is 9.36 Å². The zero-order valence-corrected chi connectivity index (χ0v) is 69.4. The number of rotatable bonds is 61. The van der Waals surface area contributed by atoms with E-state index in [0.29, 0.717) is 33.4 Å². The number of alkyl halides is 2. The summed E-state index contributed by atoms with van der Waals surface area (Å²) in [5.41, 5.74) is -0.659. The number of carboxylic acid groups (broad SMARTS) is 1. The Morgan fingerprint density at radius 1 is 0.524 bits per heavy atom. The maximum absolute atomic E-state index is 12.9. The number of quaternary nitrogens is 2. The summed E-state index contributed by atoms with van der Waals surface area (Å²) in [5, 5.41) is 14.3. The van der Waals surface area contributed by atoms with Crippen LogP contribution >= 0.6 is 39.7 Å². The highest BCUT2D eigenvalue weighted by molar-refractivity contribution is 9.10. The van der Waals surface area contributed by atoms with Gasteiger partial charge in [0.2, 0.25) is 5.91 Å². The van der Waals surface area contributed by atoms with Gasteiger partial charge in [-0.1, -0.05) is 239 Å². The Kier molecular flexibility index (Phi) is 54.8. The maximum Gasteiger partial charge on any atom is 0.472 e. The van der Waals surface area contributed by atoms with Gasteiger partial charge in [0.1, 0.15) is 35.0 Å². The number of hydrogen-bond donors (Lipinski definition) is 2. The number of likely N-dealkylation sites (N-methyl/N-ethyl adjacent to an activating group) is 2. The van der Waals surface area contributed by atoms with Crippen LogP contribution in [0.2, 0.25) is 0 Å². The number of carboxylic acids is 1. The third-order valence-electron chi connectivity index (χ3n) is 16.7. The lowest BCUT2D eigenvalue weighted by atomic mass is 10.0. The van der Waals surface area contributed by atoms with Crippen molar-refractivity contribution in [1.29, 1.82) is 0 Å². The molecule has 8 atom stereocenters. The minimum atomic E-state index is -4.69. The molecule has 1 heterocycles. The summed E-state index contributed by atoms with van der Waals surface area (Å²) >= 11 is 6.46. The predicted molar refractivity (Wildman–Crippen MR) is 400 cm³/mol. The van der Waals surface area contributed by atoms with Crippen LogP contribution in [-0.2, 0) is 90.1 Å². The van der Waals surface area contributed by atoms with Crippen LogP contribution in [0.3, 0.4) is 0 Å². The molecule has 0 aliphatic carbocycles. The Morgan fingerprint density at radius 2 is 0.903 bits per heavy atom. The molecular weight excluding hydrogens is 1480 g/mol. The van der Waals surface area contributed by atoms with Crippen molar-refractivity contribution in [3.63, 3.8) is 0 Å². The second-order valence-corrected chi connectivity index (χ2v) is 34.4. The molecule has 1 rings (SSSR count). The van der Waals surface area contributed by atoms with Gasteiger partial charge >= 0.3 is 43.6 Å². The molecule has 0 spiro atoms. The highest BCUT2D eigenvalue weighted by atomic mass is 79.9. The average molecular weight is 1620 g/mol. The van der Waals surface area contributed by atoms with Crippen LogP contribution in [-0.4, -0.2) is 194 Å². The monoisotopic (exact) mass is 1620 g/mol. The number of halogens is 2. The number of ether oxygens (including phenoxy) is 5. The predicted octanol–water partition coefficient (Wildman–Crippen LogP) is 13.5. The fourth-order valence-electron chi connectivity index (χ4n) is 11.2. The van der Waals surface area contributed by atoms with E-state index in [1.165, 1.54) is 148 Å². The van der Waals surface area contributed by atoms with Crippen LogP contribution < -0.4 is 10.4 Å². The number of hydroxylamine groups is 2. The van der Waals surface area contributed by atoms with Gasteiger partial charge in [-0.2, -0.15) is 0 Å². The molecule has 3 amide bonds. The van der Waals surface area contributed by atoms with Gasteiger partial charge in [-0.3, -0.25) is 47.4 Å². The number of nitrogens with one attached hydrogen (secondary N) is 1. The fraction of sp³-hybridized carbons (Fsp3) is 0.867. The quantitative estimate of drug-likeness (QED) is 0.0109. The molecular formula is C75H136Br2N4O21P+. The summed E-state index contributed by atoms with van der Waals surface area (Å²) in [6.07, 6.45) is 33.3. The topological polar surface area (TPSA) is 320 Å². The molecule has 103 heavy (non-hydrogen) atoms. The van der Waals surface area contributed by atoms with Crippen molar-refractivity contribution in [2.45, 2.75) is 326 Å². The molecule has 2 N–H and O–H groups in total. The number of carbonyl (C=O) groups is 10. The van der Waals surface area contributed by atoms with Gasteiger partial charge < -0.3 is 57.6 Å². The summed E-state index contributed by atoms with van der Waals surface area (Å²) in [4.78, 5) is 136. The molecule has 0 radical (unpaired) electrons.